The second-order valence-electron chi connectivity index (χ2n) is 11.9. The predicted molar refractivity (Wildman–Crippen MR) is 172 cm³/mol. The van der Waals surface area contributed by atoms with Crippen LogP contribution in [0.25, 0.3) is 0 Å². The molecule has 1 aliphatic heterocycles. The summed E-state index contributed by atoms with van der Waals surface area (Å²) in [6, 6.07) is 19.2. The number of hydrogen-bond donors (Lipinski definition) is 3. The highest BCUT2D eigenvalue weighted by atomic mass is 79.9. The summed E-state index contributed by atoms with van der Waals surface area (Å²) in [5.74, 6) is 0.0357. The maximum absolute atomic E-state index is 13.0. The fourth-order valence-electron chi connectivity index (χ4n) is 6.85. The normalized spacial score (nSPS) is 22.4. The molecule has 1 aromatic heterocycles. The van der Waals surface area contributed by atoms with Crippen LogP contribution < -0.4 is 20.5 Å². The first-order valence-corrected chi connectivity index (χ1v) is 17.0. The maximum Gasteiger partial charge on any atom is 0.258 e. The van der Waals surface area contributed by atoms with Crippen molar-refractivity contribution in [3.63, 3.8) is 0 Å². The van der Waals surface area contributed by atoms with Crippen molar-refractivity contribution in [1.29, 1.82) is 0 Å². The molecule has 4 unspecified atom stereocenters. The lowest BCUT2D eigenvalue weighted by atomic mass is 9.66. The van der Waals surface area contributed by atoms with Gasteiger partial charge < -0.3 is 29.0 Å². The third-order valence-electron chi connectivity index (χ3n) is 9.13. The Morgan fingerprint density at radius 3 is 2.14 bits per heavy atom. The number of halogens is 1. The number of rotatable bonds is 12. The molecule has 2 heterocycles. The van der Waals surface area contributed by atoms with E-state index in [4.69, 9.17) is 9.47 Å². The summed E-state index contributed by atoms with van der Waals surface area (Å²) in [5, 5.41) is 25.3. The lowest BCUT2D eigenvalue weighted by molar-refractivity contribution is -0.151. The SMILES string of the molecule is C=CCC1C(O)C(CCCC(C)(C)[Si](O)(c2ccccc2)c2ccccc2)(COC)C(O)c2c(OC)c(=O)c(Br)cn21. The molecule has 4 rings (SSSR count). The van der Waals surface area contributed by atoms with Gasteiger partial charge in [0.1, 0.15) is 6.10 Å². The van der Waals surface area contributed by atoms with E-state index < -0.39 is 37.0 Å². The van der Waals surface area contributed by atoms with Crippen LogP contribution in [-0.2, 0) is 4.74 Å². The third-order valence-corrected chi connectivity index (χ3v) is 14.2. The van der Waals surface area contributed by atoms with Crippen LogP contribution in [0.15, 0.2) is 88.8 Å². The summed E-state index contributed by atoms with van der Waals surface area (Å²) < 4.78 is 13.2. The van der Waals surface area contributed by atoms with E-state index in [1.54, 1.807) is 23.9 Å². The van der Waals surface area contributed by atoms with Crippen molar-refractivity contribution in [1.82, 2.24) is 4.57 Å². The van der Waals surface area contributed by atoms with Crippen molar-refractivity contribution in [3.8, 4) is 5.75 Å². The largest absolute Gasteiger partial charge is 0.491 e. The fourth-order valence-corrected chi connectivity index (χ4v) is 11.0. The number of allylic oxidation sites excluding steroid dienone is 1. The molecule has 0 amide bonds. The highest BCUT2D eigenvalue weighted by Gasteiger charge is 2.55. The van der Waals surface area contributed by atoms with Gasteiger partial charge in [-0.25, -0.2) is 0 Å². The van der Waals surface area contributed by atoms with E-state index >= 15 is 0 Å². The second-order valence-corrected chi connectivity index (χ2v) is 16.7. The average Bonchev–Trinajstić information content (AvgIpc) is 2.99. The van der Waals surface area contributed by atoms with E-state index in [1.165, 1.54) is 7.11 Å². The standard InChI is InChI=1S/C33H42BrNO6Si/c1-6-14-26-30(37)33(22-40-4,31(38)27-29(41-5)28(36)25(34)21-35(26)27)20-13-19-32(2,3)42(39,23-15-9-7-10-16-23)24-17-11-8-12-18-24/h6-12,15-18,21,26,30-31,37-39H,1,13-14,19-20,22H2,2-5H3. The highest BCUT2D eigenvalue weighted by molar-refractivity contribution is 9.10. The van der Waals surface area contributed by atoms with Crippen molar-refractivity contribution >= 4 is 34.6 Å². The minimum Gasteiger partial charge on any atom is -0.491 e. The number of pyridine rings is 1. The predicted octanol–water partition coefficient (Wildman–Crippen LogP) is 4.48. The molecule has 226 valence electrons. The molecule has 0 radical (unpaired) electrons. The van der Waals surface area contributed by atoms with Crippen LogP contribution in [0.1, 0.15) is 57.4 Å². The molecule has 3 aromatic rings. The number of methoxy groups -OCH3 is 2. The number of ether oxygens (including phenoxy) is 2. The van der Waals surface area contributed by atoms with Gasteiger partial charge in [-0.15, -0.1) is 6.58 Å². The first-order chi connectivity index (χ1) is 20.0. The van der Waals surface area contributed by atoms with Gasteiger partial charge in [0.05, 0.1) is 41.4 Å². The zero-order valence-electron chi connectivity index (χ0n) is 24.8. The van der Waals surface area contributed by atoms with E-state index in [0.29, 0.717) is 31.4 Å². The Labute approximate surface area is 257 Å². The zero-order chi connectivity index (χ0) is 30.7. The first-order valence-electron chi connectivity index (χ1n) is 14.3. The van der Waals surface area contributed by atoms with Crippen LogP contribution in [0.3, 0.4) is 0 Å². The summed E-state index contributed by atoms with van der Waals surface area (Å²) in [5.41, 5.74) is -1.19. The summed E-state index contributed by atoms with van der Waals surface area (Å²) in [4.78, 5) is 25.6. The van der Waals surface area contributed by atoms with Crippen LogP contribution in [0.4, 0.5) is 0 Å². The number of aliphatic hydroxyl groups excluding tert-OH is 2. The summed E-state index contributed by atoms with van der Waals surface area (Å²) in [6.07, 6.45) is 3.08. The minimum atomic E-state index is -3.25. The van der Waals surface area contributed by atoms with Crippen LogP contribution in [0.2, 0.25) is 5.04 Å². The smallest absolute Gasteiger partial charge is 0.258 e. The van der Waals surface area contributed by atoms with Crippen LogP contribution in [-0.4, -0.2) is 54.8 Å². The fraction of sp³-hybridized carbons (Fsp3) is 0.424. The molecule has 0 fully saturated rings. The number of nitrogens with zero attached hydrogens (tertiary/aromatic N) is 1. The van der Waals surface area contributed by atoms with Crippen molar-refractivity contribution in [2.24, 2.45) is 5.41 Å². The number of benzene rings is 2. The van der Waals surface area contributed by atoms with Crippen molar-refractivity contribution in [2.75, 3.05) is 20.8 Å². The van der Waals surface area contributed by atoms with E-state index in [2.05, 4.69) is 36.4 Å². The van der Waals surface area contributed by atoms with E-state index in [0.717, 1.165) is 10.4 Å². The topological polar surface area (TPSA) is 101 Å². The Bertz CT molecular complexity index is 1390. The summed E-state index contributed by atoms with van der Waals surface area (Å²) >= 11 is 3.32. The number of aromatic nitrogens is 1. The minimum absolute atomic E-state index is 0.0357. The molecule has 1 aliphatic rings. The van der Waals surface area contributed by atoms with Gasteiger partial charge in [-0.05, 0) is 50.6 Å². The summed E-state index contributed by atoms with van der Waals surface area (Å²) in [7, 11) is -0.293. The van der Waals surface area contributed by atoms with Crippen LogP contribution in [0, 0.1) is 5.41 Å². The molecule has 0 bridgehead atoms. The zero-order valence-corrected chi connectivity index (χ0v) is 27.4. The van der Waals surface area contributed by atoms with Gasteiger partial charge in [-0.1, -0.05) is 87.0 Å². The lowest BCUT2D eigenvalue weighted by Crippen LogP contribution is -2.65. The van der Waals surface area contributed by atoms with Gasteiger partial charge in [0.25, 0.3) is 8.32 Å². The van der Waals surface area contributed by atoms with E-state index in [1.807, 2.05) is 60.7 Å². The Kier molecular flexibility index (Phi) is 10.0. The molecule has 0 spiro atoms. The van der Waals surface area contributed by atoms with E-state index in [9.17, 15) is 19.8 Å². The Hall–Kier alpha value is -2.53. The number of hydrogen-bond acceptors (Lipinski definition) is 6. The lowest BCUT2D eigenvalue weighted by Gasteiger charge is -2.50. The molecular formula is C33H42BrNO6Si. The Balaban J connectivity index is 1.74. The quantitative estimate of drug-likeness (QED) is 0.197. The average molecular weight is 657 g/mol. The van der Waals surface area contributed by atoms with Crippen molar-refractivity contribution in [3.05, 3.63) is 99.9 Å². The number of fused-ring (bicyclic) bond motifs is 1. The third kappa shape index (κ3) is 5.47. The molecule has 4 atom stereocenters. The maximum atomic E-state index is 13.0. The molecule has 0 saturated heterocycles. The molecular weight excluding hydrogens is 614 g/mol. The van der Waals surface area contributed by atoms with Gasteiger partial charge in [0, 0.05) is 13.3 Å². The molecule has 9 heteroatoms. The van der Waals surface area contributed by atoms with Crippen LogP contribution in [0.5, 0.6) is 5.75 Å². The van der Waals surface area contributed by atoms with E-state index in [-0.39, 0.29) is 22.3 Å². The molecule has 3 N–H and O–H groups in total. The van der Waals surface area contributed by atoms with Gasteiger partial charge in [-0.2, -0.15) is 0 Å². The van der Waals surface area contributed by atoms with Gasteiger partial charge in [0.2, 0.25) is 5.43 Å². The summed E-state index contributed by atoms with van der Waals surface area (Å²) in [6.45, 7) is 8.16. The highest BCUT2D eigenvalue weighted by Crippen LogP contribution is 2.53. The molecule has 42 heavy (non-hydrogen) atoms. The van der Waals surface area contributed by atoms with Crippen LogP contribution >= 0.6 is 15.9 Å². The number of aliphatic hydroxyl groups is 2. The molecule has 2 aromatic carbocycles. The van der Waals surface area contributed by atoms with Gasteiger partial charge in [0.15, 0.2) is 5.75 Å². The second kappa shape index (κ2) is 13.0. The molecule has 0 aliphatic carbocycles. The van der Waals surface area contributed by atoms with Gasteiger partial charge in [-0.3, -0.25) is 4.79 Å². The molecule has 0 saturated carbocycles. The first kappa shape index (κ1) is 32.4. The van der Waals surface area contributed by atoms with Crippen molar-refractivity contribution < 1.29 is 24.5 Å². The Morgan fingerprint density at radius 1 is 1.07 bits per heavy atom. The van der Waals surface area contributed by atoms with Gasteiger partial charge >= 0.3 is 0 Å². The molecule has 7 nitrogen and oxygen atoms in total. The Morgan fingerprint density at radius 2 is 1.64 bits per heavy atom. The van der Waals surface area contributed by atoms with Crippen molar-refractivity contribution in [2.45, 2.75) is 62.8 Å². The monoisotopic (exact) mass is 655 g/mol.